The van der Waals surface area contributed by atoms with Crippen molar-refractivity contribution >= 4 is 0 Å². The first-order valence-corrected chi connectivity index (χ1v) is 6.78. The van der Waals surface area contributed by atoms with E-state index in [9.17, 15) is 0 Å². The first-order valence-electron chi connectivity index (χ1n) is 6.78. The fourth-order valence-corrected chi connectivity index (χ4v) is 1.75. The summed E-state index contributed by atoms with van der Waals surface area (Å²) in [5.74, 6) is 0.716. The minimum atomic E-state index is 0.369. The van der Waals surface area contributed by atoms with Crippen LogP contribution >= 0.6 is 0 Å². The normalized spacial score (nSPS) is 12.7. The molecule has 0 fully saturated rings. The molecular weight excluding hydrogens is 212 g/mol. The van der Waals surface area contributed by atoms with Crippen LogP contribution in [0.1, 0.15) is 34.6 Å². The minimum absolute atomic E-state index is 0.369. The molecule has 3 nitrogen and oxygen atoms in total. The molecule has 0 heterocycles. The van der Waals surface area contributed by atoms with Gasteiger partial charge in [0.2, 0.25) is 0 Å². The summed E-state index contributed by atoms with van der Waals surface area (Å²) in [6.07, 6.45) is 0. The van der Waals surface area contributed by atoms with Gasteiger partial charge in [-0.05, 0) is 24.9 Å². The van der Waals surface area contributed by atoms with Gasteiger partial charge in [-0.3, -0.25) is 0 Å². The highest BCUT2D eigenvalue weighted by atomic mass is 16.5. The Balaban J connectivity index is 3.28. The van der Waals surface area contributed by atoms with Gasteiger partial charge in [0.15, 0.2) is 0 Å². The Labute approximate surface area is 108 Å². The Hall–Kier alpha value is -0.120. The van der Waals surface area contributed by atoms with Gasteiger partial charge in [-0.1, -0.05) is 34.6 Å². The SMILES string of the molecule is CC(C)CNCCOCCN(C)CC(C)(C)C. The van der Waals surface area contributed by atoms with E-state index in [4.69, 9.17) is 4.74 Å². The van der Waals surface area contributed by atoms with Gasteiger partial charge in [-0.2, -0.15) is 0 Å². The van der Waals surface area contributed by atoms with Crippen LogP contribution in [-0.2, 0) is 4.74 Å². The smallest absolute Gasteiger partial charge is 0.0593 e. The molecule has 0 spiro atoms. The van der Waals surface area contributed by atoms with Gasteiger partial charge < -0.3 is 15.0 Å². The molecule has 0 unspecified atom stereocenters. The molecule has 104 valence electrons. The summed E-state index contributed by atoms with van der Waals surface area (Å²) in [6, 6.07) is 0. The average Bonchev–Trinajstić information content (AvgIpc) is 2.12. The van der Waals surface area contributed by atoms with E-state index in [2.05, 4.69) is 51.9 Å². The first-order chi connectivity index (χ1) is 7.81. The quantitative estimate of drug-likeness (QED) is 0.630. The van der Waals surface area contributed by atoms with Crippen LogP contribution in [0, 0.1) is 11.3 Å². The van der Waals surface area contributed by atoms with Crippen molar-refractivity contribution in [1.82, 2.24) is 10.2 Å². The Morgan fingerprint density at radius 1 is 1.18 bits per heavy atom. The molecule has 0 aliphatic rings. The Kier molecular flexibility index (Phi) is 8.83. The number of likely N-dealkylation sites (N-methyl/N-ethyl adjacent to an activating group) is 1. The number of nitrogens with one attached hydrogen (secondary N) is 1. The van der Waals surface area contributed by atoms with Gasteiger partial charge in [-0.15, -0.1) is 0 Å². The van der Waals surface area contributed by atoms with E-state index in [1.165, 1.54) is 0 Å². The maximum atomic E-state index is 5.60. The van der Waals surface area contributed by atoms with Gasteiger partial charge in [0.1, 0.15) is 0 Å². The van der Waals surface area contributed by atoms with Gasteiger partial charge in [0, 0.05) is 19.6 Å². The molecule has 17 heavy (non-hydrogen) atoms. The van der Waals surface area contributed by atoms with E-state index in [1.807, 2.05) is 0 Å². The lowest BCUT2D eigenvalue weighted by molar-refractivity contribution is 0.102. The highest BCUT2D eigenvalue weighted by Crippen LogP contribution is 2.13. The Morgan fingerprint density at radius 2 is 1.82 bits per heavy atom. The molecule has 0 saturated heterocycles. The van der Waals surface area contributed by atoms with E-state index in [0.29, 0.717) is 11.3 Å². The largest absolute Gasteiger partial charge is 0.379 e. The van der Waals surface area contributed by atoms with E-state index in [0.717, 1.165) is 39.4 Å². The summed E-state index contributed by atoms with van der Waals surface area (Å²) < 4.78 is 5.60. The van der Waals surface area contributed by atoms with Gasteiger partial charge >= 0.3 is 0 Å². The number of hydrogen-bond acceptors (Lipinski definition) is 3. The zero-order valence-corrected chi connectivity index (χ0v) is 12.7. The maximum absolute atomic E-state index is 5.60. The van der Waals surface area contributed by atoms with Gasteiger partial charge in [0.25, 0.3) is 0 Å². The van der Waals surface area contributed by atoms with Crippen LogP contribution in [0.3, 0.4) is 0 Å². The third kappa shape index (κ3) is 13.8. The van der Waals surface area contributed by atoms with Crippen LogP contribution in [0.25, 0.3) is 0 Å². The van der Waals surface area contributed by atoms with Crippen molar-refractivity contribution in [1.29, 1.82) is 0 Å². The van der Waals surface area contributed by atoms with Crippen LogP contribution in [0.4, 0.5) is 0 Å². The van der Waals surface area contributed by atoms with Crippen LogP contribution < -0.4 is 5.32 Å². The summed E-state index contributed by atoms with van der Waals surface area (Å²) >= 11 is 0. The van der Waals surface area contributed by atoms with Crippen molar-refractivity contribution in [2.75, 3.05) is 46.4 Å². The molecule has 0 aromatic carbocycles. The molecule has 0 amide bonds. The summed E-state index contributed by atoms with van der Waals surface area (Å²) in [5.41, 5.74) is 0.369. The zero-order chi connectivity index (χ0) is 13.3. The molecule has 0 radical (unpaired) electrons. The molecule has 0 aromatic heterocycles. The highest BCUT2D eigenvalue weighted by Gasteiger charge is 2.12. The number of hydrogen-bond donors (Lipinski definition) is 1. The predicted octanol–water partition coefficient (Wildman–Crippen LogP) is 2.23. The van der Waals surface area contributed by atoms with E-state index < -0.39 is 0 Å². The average molecular weight is 244 g/mol. The summed E-state index contributed by atoms with van der Waals surface area (Å²) in [4.78, 5) is 2.33. The minimum Gasteiger partial charge on any atom is -0.379 e. The molecular formula is C14H32N2O. The molecule has 0 bridgehead atoms. The lowest BCUT2D eigenvalue weighted by Crippen LogP contribution is -2.32. The topological polar surface area (TPSA) is 24.5 Å². The number of nitrogens with zero attached hydrogens (tertiary/aromatic N) is 1. The lowest BCUT2D eigenvalue weighted by Gasteiger charge is -2.26. The van der Waals surface area contributed by atoms with Crippen LogP contribution in [0.15, 0.2) is 0 Å². The fourth-order valence-electron chi connectivity index (χ4n) is 1.75. The van der Waals surface area contributed by atoms with Crippen molar-refractivity contribution in [3.63, 3.8) is 0 Å². The molecule has 0 aliphatic carbocycles. The van der Waals surface area contributed by atoms with E-state index >= 15 is 0 Å². The van der Waals surface area contributed by atoms with Crippen LogP contribution in [0.2, 0.25) is 0 Å². The molecule has 0 saturated carbocycles. The molecule has 0 rings (SSSR count). The van der Waals surface area contributed by atoms with E-state index in [1.54, 1.807) is 0 Å². The third-order valence-corrected chi connectivity index (χ3v) is 2.34. The second kappa shape index (κ2) is 8.90. The number of ether oxygens (including phenoxy) is 1. The molecule has 0 aromatic rings. The fraction of sp³-hybridized carbons (Fsp3) is 1.00. The van der Waals surface area contributed by atoms with Crippen LogP contribution in [-0.4, -0.2) is 51.3 Å². The standard InChI is InChI=1S/C14H32N2O/c1-13(2)11-15-7-9-17-10-8-16(6)12-14(3,4)5/h13,15H,7-12H2,1-6H3. The monoisotopic (exact) mass is 244 g/mol. The second-order valence-corrected chi connectivity index (χ2v) is 6.51. The molecule has 1 N–H and O–H groups in total. The zero-order valence-electron chi connectivity index (χ0n) is 12.7. The van der Waals surface area contributed by atoms with E-state index in [-0.39, 0.29) is 0 Å². The van der Waals surface area contributed by atoms with Gasteiger partial charge in [-0.25, -0.2) is 0 Å². The summed E-state index contributed by atoms with van der Waals surface area (Å²) in [5, 5.41) is 3.37. The number of rotatable bonds is 9. The van der Waals surface area contributed by atoms with Crippen molar-refractivity contribution in [3.05, 3.63) is 0 Å². The molecule has 0 aliphatic heterocycles. The van der Waals surface area contributed by atoms with Crippen molar-refractivity contribution in [2.24, 2.45) is 11.3 Å². The molecule has 0 atom stereocenters. The molecule has 3 heteroatoms. The first kappa shape index (κ1) is 16.9. The second-order valence-electron chi connectivity index (χ2n) is 6.51. The highest BCUT2D eigenvalue weighted by molar-refractivity contribution is 4.66. The summed E-state index contributed by atoms with van der Waals surface area (Å²) in [7, 11) is 2.16. The third-order valence-electron chi connectivity index (χ3n) is 2.34. The van der Waals surface area contributed by atoms with Gasteiger partial charge in [0.05, 0.1) is 13.2 Å². The van der Waals surface area contributed by atoms with Crippen molar-refractivity contribution < 1.29 is 4.74 Å². The van der Waals surface area contributed by atoms with Crippen molar-refractivity contribution in [2.45, 2.75) is 34.6 Å². The lowest BCUT2D eigenvalue weighted by atomic mass is 9.96. The Morgan fingerprint density at radius 3 is 2.35 bits per heavy atom. The van der Waals surface area contributed by atoms with Crippen LogP contribution in [0.5, 0.6) is 0 Å². The summed E-state index contributed by atoms with van der Waals surface area (Å²) in [6.45, 7) is 17.0. The maximum Gasteiger partial charge on any atom is 0.0593 e. The Bertz CT molecular complexity index is 176. The predicted molar refractivity (Wildman–Crippen MR) is 75.5 cm³/mol. The van der Waals surface area contributed by atoms with Crippen molar-refractivity contribution in [3.8, 4) is 0 Å².